The van der Waals surface area contributed by atoms with Gasteiger partial charge in [0.05, 0.1) is 6.54 Å². The first-order valence-corrected chi connectivity index (χ1v) is 4.31. The summed E-state index contributed by atoms with van der Waals surface area (Å²) in [7, 11) is 1.70. The second-order valence-electron chi connectivity index (χ2n) is 2.74. The summed E-state index contributed by atoms with van der Waals surface area (Å²) in [6.45, 7) is 4.08. The van der Waals surface area contributed by atoms with E-state index in [0.29, 0.717) is 18.3 Å². The molecule has 0 aromatic carbocycles. The van der Waals surface area contributed by atoms with Crippen molar-refractivity contribution in [1.82, 2.24) is 15.5 Å². The van der Waals surface area contributed by atoms with Crippen molar-refractivity contribution in [3.8, 4) is 0 Å². The molecule has 0 saturated heterocycles. The molecule has 74 valence electrons. The van der Waals surface area contributed by atoms with Crippen molar-refractivity contribution in [2.24, 2.45) is 0 Å². The first-order chi connectivity index (χ1) is 6.33. The molecular weight excluding hydrogens is 170 g/mol. The van der Waals surface area contributed by atoms with Gasteiger partial charge in [-0.05, 0) is 13.0 Å². The van der Waals surface area contributed by atoms with Crippen molar-refractivity contribution >= 4 is 0 Å². The molecule has 1 rings (SSSR count). The van der Waals surface area contributed by atoms with Crippen LogP contribution < -0.4 is 5.32 Å². The molecule has 0 amide bonds. The Morgan fingerprint density at radius 2 is 2.31 bits per heavy atom. The van der Waals surface area contributed by atoms with Crippen LogP contribution in [0.4, 0.5) is 0 Å². The van der Waals surface area contributed by atoms with Gasteiger partial charge in [0.25, 0.3) is 0 Å². The van der Waals surface area contributed by atoms with Gasteiger partial charge in [0, 0.05) is 20.6 Å². The maximum atomic E-state index is 5.17. The van der Waals surface area contributed by atoms with Crippen LogP contribution in [0.25, 0.3) is 0 Å². The van der Waals surface area contributed by atoms with E-state index >= 15 is 0 Å². The molecule has 0 aliphatic rings. The van der Waals surface area contributed by atoms with Crippen LogP contribution in [-0.2, 0) is 11.3 Å². The summed E-state index contributed by atoms with van der Waals surface area (Å²) in [6.07, 6.45) is 0.990. The minimum Gasteiger partial charge on any atom is -0.424 e. The highest BCUT2D eigenvalue weighted by molar-refractivity contribution is 4.77. The second kappa shape index (κ2) is 5.66. The van der Waals surface area contributed by atoms with Gasteiger partial charge in [-0.25, -0.2) is 0 Å². The number of methoxy groups -OCH3 is 1. The lowest BCUT2D eigenvalue weighted by Gasteiger charge is -1.99. The third kappa shape index (κ3) is 4.00. The first kappa shape index (κ1) is 10.1. The Kier molecular flexibility index (Phi) is 4.42. The molecule has 0 radical (unpaired) electrons. The summed E-state index contributed by atoms with van der Waals surface area (Å²) in [5, 5.41) is 10.7. The number of ether oxygens (including phenoxy) is 1. The molecular formula is C8H15N3O2. The predicted molar refractivity (Wildman–Crippen MR) is 47.2 cm³/mol. The van der Waals surface area contributed by atoms with Gasteiger partial charge in [0.2, 0.25) is 11.8 Å². The van der Waals surface area contributed by atoms with Crippen LogP contribution in [0.2, 0.25) is 0 Å². The SMILES string of the molecule is COCCCNCc1nnc(C)o1. The minimum absolute atomic E-state index is 0.605. The fourth-order valence-corrected chi connectivity index (χ4v) is 0.946. The van der Waals surface area contributed by atoms with E-state index in [1.165, 1.54) is 0 Å². The monoisotopic (exact) mass is 185 g/mol. The molecule has 5 heteroatoms. The number of nitrogens with zero attached hydrogens (tertiary/aromatic N) is 2. The summed E-state index contributed by atoms with van der Waals surface area (Å²) < 4.78 is 10.1. The molecule has 0 spiro atoms. The Morgan fingerprint density at radius 1 is 1.46 bits per heavy atom. The minimum atomic E-state index is 0.605. The van der Waals surface area contributed by atoms with Gasteiger partial charge in [0.15, 0.2) is 0 Å². The summed E-state index contributed by atoms with van der Waals surface area (Å²) in [6, 6.07) is 0. The number of hydrogen-bond acceptors (Lipinski definition) is 5. The van der Waals surface area contributed by atoms with Crippen LogP contribution in [0.3, 0.4) is 0 Å². The standard InChI is InChI=1S/C8H15N3O2/c1-7-10-11-8(13-7)6-9-4-3-5-12-2/h9H,3-6H2,1-2H3. The first-order valence-electron chi connectivity index (χ1n) is 4.31. The lowest BCUT2D eigenvalue weighted by Crippen LogP contribution is -2.16. The zero-order chi connectivity index (χ0) is 9.52. The molecule has 0 saturated carbocycles. The van der Waals surface area contributed by atoms with Gasteiger partial charge in [-0.2, -0.15) is 0 Å². The molecule has 0 aliphatic heterocycles. The van der Waals surface area contributed by atoms with Gasteiger partial charge in [0.1, 0.15) is 0 Å². The Labute approximate surface area is 77.5 Å². The molecule has 0 aliphatic carbocycles. The van der Waals surface area contributed by atoms with E-state index < -0.39 is 0 Å². The molecule has 0 atom stereocenters. The van der Waals surface area contributed by atoms with Gasteiger partial charge in [-0.3, -0.25) is 0 Å². The molecule has 13 heavy (non-hydrogen) atoms. The molecule has 1 N–H and O–H groups in total. The number of nitrogens with one attached hydrogen (secondary N) is 1. The van der Waals surface area contributed by atoms with E-state index in [9.17, 15) is 0 Å². The van der Waals surface area contributed by atoms with Crippen LogP contribution in [0.15, 0.2) is 4.42 Å². The summed E-state index contributed by atoms with van der Waals surface area (Å²) >= 11 is 0. The van der Waals surface area contributed by atoms with Crippen molar-refractivity contribution in [2.45, 2.75) is 19.9 Å². The van der Waals surface area contributed by atoms with Gasteiger partial charge < -0.3 is 14.5 Å². The van der Waals surface area contributed by atoms with Crippen molar-refractivity contribution in [2.75, 3.05) is 20.3 Å². The zero-order valence-electron chi connectivity index (χ0n) is 8.04. The quantitative estimate of drug-likeness (QED) is 0.654. The normalized spacial score (nSPS) is 10.6. The number of aryl methyl sites for hydroxylation is 1. The Morgan fingerprint density at radius 3 is 2.92 bits per heavy atom. The molecule has 5 nitrogen and oxygen atoms in total. The van der Waals surface area contributed by atoms with Crippen LogP contribution in [-0.4, -0.2) is 30.5 Å². The van der Waals surface area contributed by atoms with Crippen molar-refractivity contribution in [1.29, 1.82) is 0 Å². The number of rotatable bonds is 6. The third-order valence-corrected chi connectivity index (χ3v) is 1.55. The average Bonchev–Trinajstić information content (AvgIpc) is 2.51. The smallest absolute Gasteiger partial charge is 0.230 e. The van der Waals surface area contributed by atoms with Gasteiger partial charge in [-0.15, -0.1) is 10.2 Å². The summed E-state index contributed by atoms with van der Waals surface area (Å²) in [5.74, 6) is 1.24. The lowest BCUT2D eigenvalue weighted by atomic mass is 10.4. The van der Waals surface area contributed by atoms with E-state index in [1.54, 1.807) is 14.0 Å². The summed E-state index contributed by atoms with van der Waals surface area (Å²) in [4.78, 5) is 0. The number of aromatic nitrogens is 2. The van der Waals surface area contributed by atoms with Gasteiger partial charge >= 0.3 is 0 Å². The van der Waals surface area contributed by atoms with E-state index in [-0.39, 0.29) is 0 Å². The zero-order valence-corrected chi connectivity index (χ0v) is 8.04. The van der Waals surface area contributed by atoms with Crippen molar-refractivity contribution in [3.63, 3.8) is 0 Å². The molecule has 0 bridgehead atoms. The van der Waals surface area contributed by atoms with E-state index in [1.807, 2.05) is 0 Å². The third-order valence-electron chi connectivity index (χ3n) is 1.55. The highest BCUT2D eigenvalue weighted by Gasteiger charge is 1.99. The van der Waals surface area contributed by atoms with Crippen molar-refractivity contribution < 1.29 is 9.15 Å². The molecule has 1 heterocycles. The fraction of sp³-hybridized carbons (Fsp3) is 0.750. The van der Waals surface area contributed by atoms with Crippen LogP contribution in [0, 0.1) is 6.92 Å². The largest absolute Gasteiger partial charge is 0.424 e. The second-order valence-corrected chi connectivity index (χ2v) is 2.74. The maximum Gasteiger partial charge on any atom is 0.230 e. The number of hydrogen-bond donors (Lipinski definition) is 1. The Balaban J connectivity index is 2.06. The highest BCUT2D eigenvalue weighted by atomic mass is 16.5. The van der Waals surface area contributed by atoms with Gasteiger partial charge in [-0.1, -0.05) is 0 Å². The average molecular weight is 185 g/mol. The van der Waals surface area contributed by atoms with E-state index in [2.05, 4.69) is 15.5 Å². The van der Waals surface area contributed by atoms with E-state index in [0.717, 1.165) is 19.6 Å². The Hall–Kier alpha value is -0.940. The Bertz CT molecular complexity index is 237. The topological polar surface area (TPSA) is 60.2 Å². The molecule has 0 fully saturated rings. The van der Waals surface area contributed by atoms with Crippen LogP contribution in [0.5, 0.6) is 0 Å². The summed E-state index contributed by atoms with van der Waals surface area (Å²) in [5.41, 5.74) is 0. The molecule has 0 unspecified atom stereocenters. The fourth-order valence-electron chi connectivity index (χ4n) is 0.946. The lowest BCUT2D eigenvalue weighted by molar-refractivity contribution is 0.194. The molecule has 1 aromatic rings. The van der Waals surface area contributed by atoms with E-state index in [4.69, 9.17) is 9.15 Å². The van der Waals surface area contributed by atoms with Crippen LogP contribution >= 0.6 is 0 Å². The predicted octanol–water partition coefficient (Wildman–Crippen LogP) is 0.504. The maximum absolute atomic E-state index is 5.17. The van der Waals surface area contributed by atoms with Crippen LogP contribution in [0.1, 0.15) is 18.2 Å². The highest BCUT2D eigenvalue weighted by Crippen LogP contribution is 1.96. The molecule has 1 aromatic heterocycles. The van der Waals surface area contributed by atoms with Crippen molar-refractivity contribution in [3.05, 3.63) is 11.8 Å².